The molecular weight excluding hydrogens is 98.1 g/mol. The van der Waals surface area contributed by atoms with Crippen LogP contribution in [0.15, 0.2) is 0 Å². The molecule has 1 heteroatoms. The Morgan fingerprint density at radius 3 is 2.62 bits per heavy atom. The average Bonchev–Trinajstić information content (AvgIpc) is 1.66. The van der Waals surface area contributed by atoms with Gasteiger partial charge >= 0.3 is 0 Å². The van der Waals surface area contributed by atoms with Crippen molar-refractivity contribution in [3.8, 4) is 12.3 Å². The van der Waals surface area contributed by atoms with Crippen molar-refractivity contribution in [2.75, 3.05) is 13.1 Å². The van der Waals surface area contributed by atoms with Crippen molar-refractivity contribution >= 4 is 0 Å². The highest BCUT2D eigenvalue weighted by molar-refractivity contribution is 4.81. The zero-order valence-electron chi connectivity index (χ0n) is 5.65. The van der Waals surface area contributed by atoms with Crippen LogP contribution in [0.4, 0.5) is 0 Å². The Morgan fingerprint density at radius 2 is 2.25 bits per heavy atom. The molecule has 0 saturated carbocycles. The smallest absolute Gasteiger partial charge is 0.137 e. The lowest BCUT2D eigenvalue weighted by molar-refractivity contribution is -0.648. The van der Waals surface area contributed by atoms with E-state index in [0.29, 0.717) is 0 Å². The highest BCUT2D eigenvalue weighted by Crippen LogP contribution is 1.80. The number of quaternary nitrogens is 1. The Labute approximate surface area is 51.5 Å². The molecule has 0 rings (SSSR count). The first-order valence-corrected chi connectivity index (χ1v) is 3.02. The second-order valence-electron chi connectivity index (χ2n) is 2.33. The molecular formula is C7H14N+. The Kier molecular flexibility index (Phi) is 4.39. The Bertz CT molecular complexity index is 78.9. The first kappa shape index (κ1) is 7.52. The lowest BCUT2D eigenvalue weighted by atomic mass is 10.2. The summed E-state index contributed by atoms with van der Waals surface area (Å²) in [6, 6.07) is 0. The van der Waals surface area contributed by atoms with Crippen LogP contribution in [0, 0.1) is 18.3 Å². The van der Waals surface area contributed by atoms with Gasteiger partial charge in [0.1, 0.15) is 6.54 Å². The minimum atomic E-state index is 0.753. The molecule has 8 heavy (non-hydrogen) atoms. The third-order valence-corrected chi connectivity index (χ3v) is 0.900. The molecule has 0 aliphatic carbocycles. The standard InChI is InChI=1S/C7H13N/c1-4-5-8-6-7(2)3/h1,7-8H,5-6H2,2-3H3/p+1. The van der Waals surface area contributed by atoms with Gasteiger partial charge in [-0.2, -0.15) is 0 Å². The number of terminal acetylenes is 1. The normalized spacial score (nSPS) is 9.25. The summed E-state index contributed by atoms with van der Waals surface area (Å²) in [5.74, 6) is 3.32. The van der Waals surface area contributed by atoms with Gasteiger partial charge in [0.15, 0.2) is 0 Å². The van der Waals surface area contributed by atoms with Gasteiger partial charge < -0.3 is 5.32 Å². The Morgan fingerprint density at radius 1 is 1.62 bits per heavy atom. The Hall–Kier alpha value is -0.480. The number of nitrogens with two attached hydrogens (primary N) is 1. The first-order valence-electron chi connectivity index (χ1n) is 3.02. The van der Waals surface area contributed by atoms with E-state index in [9.17, 15) is 0 Å². The zero-order chi connectivity index (χ0) is 6.41. The summed E-state index contributed by atoms with van der Waals surface area (Å²) in [6.07, 6.45) is 5.03. The van der Waals surface area contributed by atoms with Crippen LogP contribution >= 0.6 is 0 Å². The maximum absolute atomic E-state index is 5.03. The van der Waals surface area contributed by atoms with Crippen LogP contribution in [0.5, 0.6) is 0 Å². The van der Waals surface area contributed by atoms with E-state index in [1.54, 1.807) is 0 Å². The molecule has 0 radical (unpaired) electrons. The van der Waals surface area contributed by atoms with Crippen molar-refractivity contribution in [2.24, 2.45) is 5.92 Å². The molecule has 0 atom stereocenters. The van der Waals surface area contributed by atoms with Crippen LogP contribution in [0.3, 0.4) is 0 Å². The highest BCUT2D eigenvalue weighted by atomic mass is 14.8. The molecule has 0 amide bonds. The lowest BCUT2D eigenvalue weighted by Crippen LogP contribution is -2.85. The molecule has 0 heterocycles. The predicted molar refractivity (Wildman–Crippen MR) is 35.3 cm³/mol. The largest absolute Gasteiger partial charge is 0.336 e. The summed E-state index contributed by atoms with van der Waals surface area (Å²) in [5.41, 5.74) is 0. The predicted octanol–water partition coefficient (Wildman–Crippen LogP) is -0.161. The van der Waals surface area contributed by atoms with Gasteiger partial charge in [0, 0.05) is 5.92 Å². The number of hydrogen-bond donors (Lipinski definition) is 1. The molecule has 0 aliphatic heterocycles. The van der Waals surface area contributed by atoms with E-state index in [1.807, 2.05) is 0 Å². The van der Waals surface area contributed by atoms with E-state index in [0.717, 1.165) is 19.0 Å². The van der Waals surface area contributed by atoms with Gasteiger partial charge in [0.05, 0.1) is 6.54 Å². The quantitative estimate of drug-likeness (QED) is 0.386. The lowest BCUT2D eigenvalue weighted by Gasteiger charge is -1.98. The molecule has 46 valence electrons. The van der Waals surface area contributed by atoms with Gasteiger partial charge in [0.25, 0.3) is 0 Å². The van der Waals surface area contributed by atoms with Gasteiger partial charge in [-0.3, -0.25) is 0 Å². The van der Waals surface area contributed by atoms with Crippen LogP contribution in [0.2, 0.25) is 0 Å². The van der Waals surface area contributed by atoms with Gasteiger partial charge in [-0.1, -0.05) is 13.8 Å². The van der Waals surface area contributed by atoms with E-state index < -0.39 is 0 Å². The topological polar surface area (TPSA) is 16.6 Å². The summed E-state index contributed by atoms with van der Waals surface area (Å²) < 4.78 is 0. The molecule has 0 spiro atoms. The van der Waals surface area contributed by atoms with Crippen molar-refractivity contribution in [2.45, 2.75) is 13.8 Å². The first-order chi connectivity index (χ1) is 3.77. The van der Waals surface area contributed by atoms with Crippen LogP contribution < -0.4 is 5.32 Å². The van der Waals surface area contributed by atoms with Gasteiger partial charge in [-0.05, 0) is 5.92 Å². The molecule has 0 aromatic rings. The third kappa shape index (κ3) is 5.52. The fourth-order valence-corrected chi connectivity index (χ4v) is 0.500. The summed E-state index contributed by atoms with van der Waals surface area (Å²) in [7, 11) is 0. The van der Waals surface area contributed by atoms with Crippen molar-refractivity contribution in [3.05, 3.63) is 0 Å². The number of rotatable bonds is 3. The number of hydrogen-bond acceptors (Lipinski definition) is 0. The molecule has 1 nitrogen and oxygen atoms in total. The highest BCUT2D eigenvalue weighted by Gasteiger charge is 1.91. The summed E-state index contributed by atoms with van der Waals surface area (Å²) >= 11 is 0. The monoisotopic (exact) mass is 112 g/mol. The van der Waals surface area contributed by atoms with E-state index >= 15 is 0 Å². The van der Waals surface area contributed by atoms with Crippen molar-refractivity contribution in [1.29, 1.82) is 0 Å². The van der Waals surface area contributed by atoms with Gasteiger partial charge in [-0.15, -0.1) is 6.42 Å². The Balaban J connectivity index is 2.85. The molecule has 0 bridgehead atoms. The molecule has 0 aromatic heterocycles. The second kappa shape index (κ2) is 4.67. The molecule has 0 fully saturated rings. The van der Waals surface area contributed by atoms with Gasteiger partial charge in [0.2, 0.25) is 0 Å². The van der Waals surface area contributed by atoms with Crippen molar-refractivity contribution in [1.82, 2.24) is 0 Å². The van der Waals surface area contributed by atoms with Gasteiger partial charge in [-0.25, -0.2) is 0 Å². The fraction of sp³-hybridized carbons (Fsp3) is 0.714. The van der Waals surface area contributed by atoms with Crippen molar-refractivity contribution < 1.29 is 5.32 Å². The summed E-state index contributed by atoms with van der Waals surface area (Å²) in [5, 5.41) is 2.14. The fourth-order valence-electron chi connectivity index (χ4n) is 0.500. The van der Waals surface area contributed by atoms with Crippen LogP contribution in [0.1, 0.15) is 13.8 Å². The van der Waals surface area contributed by atoms with Crippen LogP contribution in [0.25, 0.3) is 0 Å². The minimum absolute atomic E-state index is 0.753. The van der Waals surface area contributed by atoms with E-state index in [-0.39, 0.29) is 0 Å². The van der Waals surface area contributed by atoms with E-state index in [2.05, 4.69) is 25.1 Å². The summed E-state index contributed by atoms with van der Waals surface area (Å²) in [6.45, 7) is 6.34. The maximum atomic E-state index is 5.03. The van der Waals surface area contributed by atoms with E-state index in [4.69, 9.17) is 6.42 Å². The average molecular weight is 112 g/mol. The van der Waals surface area contributed by atoms with Crippen molar-refractivity contribution in [3.63, 3.8) is 0 Å². The molecule has 0 saturated heterocycles. The molecule has 0 aliphatic rings. The molecule has 2 N–H and O–H groups in total. The molecule has 0 aromatic carbocycles. The zero-order valence-corrected chi connectivity index (χ0v) is 5.65. The minimum Gasteiger partial charge on any atom is -0.336 e. The third-order valence-electron chi connectivity index (χ3n) is 0.900. The van der Waals surface area contributed by atoms with Crippen LogP contribution in [-0.4, -0.2) is 13.1 Å². The molecule has 0 unspecified atom stereocenters. The van der Waals surface area contributed by atoms with E-state index in [1.165, 1.54) is 0 Å². The summed E-state index contributed by atoms with van der Waals surface area (Å²) in [4.78, 5) is 0. The van der Waals surface area contributed by atoms with Crippen LogP contribution in [-0.2, 0) is 0 Å². The second-order valence-corrected chi connectivity index (χ2v) is 2.33. The maximum Gasteiger partial charge on any atom is 0.137 e. The SMILES string of the molecule is C#CC[NH2+]CC(C)C.